The average Bonchev–Trinajstić information content (AvgIpc) is 2.44. The molecule has 0 aliphatic rings. The number of hydrogen-bond donors (Lipinski definition) is 1. The first-order chi connectivity index (χ1) is 9.51. The zero-order chi connectivity index (χ0) is 14.7. The molecular weight excluding hydrogens is 269 g/mol. The monoisotopic (exact) mass is 279 g/mol. The molecule has 104 valence electrons. The lowest BCUT2D eigenvalue weighted by Gasteiger charge is -2.04. The van der Waals surface area contributed by atoms with Crippen LogP contribution in [-0.4, -0.2) is 25.5 Å². The lowest BCUT2D eigenvalue weighted by Crippen LogP contribution is -2.33. The van der Waals surface area contributed by atoms with Crippen molar-refractivity contribution in [2.24, 2.45) is 0 Å². The molecule has 7 heteroatoms. The number of amides is 1. The Bertz CT molecular complexity index is 737. The van der Waals surface area contributed by atoms with Crippen LogP contribution in [-0.2, 0) is 9.53 Å². The van der Waals surface area contributed by atoms with E-state index in [0.29, 0.717) is 0 Å². The van der Waals surface area contributed by atoms with Gasteiger partial charge < -0.3 is 14.5 Å². The molecule has 0 bridgehead atoms. The predicted molar refractivity (Wildman–Crippen MR) is 66.8 cm³/mol. The number of methoxy groups -OCH3 is 1. The number of hydrogen-bond acceptors (Lipinski definition) is 5. The quantitative estimate of drug-likeness (QED) is 0.664. The summed E-state index contributed by atoms with van der Waals surface area (Å²) in [5.74, 6) is -1.97. The minimum atomic E-state index is -0.869. The second kappa shape index (κ2) is 5.52. The number of carbonyl (C=O) groups excluding carboxylic acids is 2. The van der Waals surface area contributed by atoms with Gasteiger partial charge >= 0.3 is 11.6 Å². The third kappa shape index (κ3) is 2.82. The number of rotatable bonds is 3. The summed E-state index contributed by atoms with van der Waals surface area (Å²) >= 11 is 0. The number of esters is 1. The fourth-order valence-electron chi connectivity index (χ4n) is 1.57. The van der Waals surface area contributed by atoms with Crippen LogP contribution < -0.4 is 10.9 Å². The number of carbonyl (C=O) groups is 2. The minimum absolute atomic E-state index is 0.168. The topological polar surface area (TPSA) is 85.6 Å². The van der Waals surface area contributed by atoms with Crippen LogP contribution in [0, 0.1) is 5.82 Å². The van der Waals surface area contributed by atoms with Crippen molar-refractivity contribution >= 4 is 22.8 Å². The van der Waals surface area contributed by atoms with Crippen molar-refractivity contribution in [1.82, 2.24) is 5.32 Å². The van der Waals surface area contributed by atoms with Gasteiger partial charge in [0.05, 0.1) is 7.11 Å². The standard InChI is InChI=1S/C13H10FNO5/c1-19-11(16)6-15-12(17)9-5-7-4-8(14)2-3-10(7)20-13(9)18/h2-5H,6H2,1H3,(H,15,17). The number of nitrogens with one attached hydrogen (secondary N) is 1. The second-order valence-corrected chi connectivity index (χ2v) is 3.89. The Hall–Kier alpha value is -2.70. The molecule has 0 atom stereocenters. The highest BCUT2D eigenvalue weighted by Crippen LogP contribution is 2.14. The molecule has 2 rings (SSSR count). The zero-order valence-electron chi connectivity index (χ0n) is 10.4. The van der Waals surface area contributed by atoms with Crippen LogP contribution >= 0.6 is 0 Å². The molecule has 1 N–H and O–H groups in total. The van der Waals surface area contributed by atoms with Crippen molar-refractivity contribution in [3.63, 3.8) is 0 Å². The Kier molecular flexibility index (Phi) is 3.79. The average molecular weight is 279 g/mol. The van der Waals surface area contributed by atoms with E-state index in [-0.39, 0.29) is 23.1 Å². The van der Waals surface area contributed by atoms with Gasteiger partial charge in [-0.1, -0.05) is 0 Å². The Morgan fingerprint density at radius 1 is 1.35 bits per heavy atom. The van der Waals surface area contributed by atoms with Gasteiger partial charge in [0.2, 0.25) is 0 Å². The van der Waals surface area contributed by atoms with Crippen molar-refractivity contribution < 1.29 is 23.1 Å². The van der Waals surface area contributed by atoms with E-state index in [4.69, 9.17) is 4.42 Å². The Morgan fingerprint density at radius 3 is 2.80 bits per heavy atom. The Balaban J connectivity index is 2.34. The molecule has 1 aromatic heterocycles. The van der Waals surface area contributed by atoms with Crippen LogP contribution in [0.1, 0.15) is 10.4 Å². The highest BCUT2D eigenvalue weighted by Gasteiger charge is 2.15. The van der Waals surface area contributed by atoms with E-state index >= 15 is 0 Å². The first kappa shape index (κ1) is 13.7. The largest absolute Gasteiger partial charge is 0.468 e. The third-order valence-electron chi connectivity index (χ3n) is 2.56. The predicted octanol–water partition coefficient (Wildman–Crippen LogP) is 0.835. The summed E-state index contributed by atoms with van der Waals surface area (Å²) in [6.07, 6.45) is 0. The van der Waals surface area contributed by atoms with Gasteiger partial charge in [-0.15, -0.1) is 0 Å². The van der Waals surface area contributed by atoms with Gasteiger partial charge in [0.1, 0.15) is 23.5 Å². The second-order valence-electron chi connectivity index (χ2n) is 3.89. The number of halogens is 1. The summed E-state index contributed by atoms with van der Waals surface area (Å²) in [5, 5.41) is 2.47. The maximum atomic E-state index is 13.1. The van der Waals surface area contributed by atoms with Crippen LogP contribution in [0.3, 0.4) is 0 Å². The lowest BCUT2D eigenvalue weighted by atomic mass is 10.1. The zero-order valence-corrected chi connectivity index (χ0v) is 10.4. The van der Waals surface area contributed by atoms with Gasteiger partial charge in [0.25, 0.3) is 5.91 Å². The molecule has 0 fully saturated rings. The normalized spacial score (nSPS) is 10.3. The summed E-state index contributed by atoms with van der Waals surface area (Å²) < 4.78 is 22.3. The maximum absolute atomic E-state index is 13.1. The molecule has 6 nitrogen and oxygen atoms in total. The first-order valence-electron chi connectivity index (χ1n) is 5.59. The van der Waals surface area contributed by atoms with E-state index in [1.54, 1.807) is 0 Å². The van der Waals surface area contributed by atoms with Gasteiger partial charge in [-0.05, 0) is 24.3 Å². The van der Waals surface area contributed by atoms with E-state index in [1.165, 1.54) is 19.2 Å². The Morgan fingerprint density at radius 2 is 2.10 bits per heavy atom. The summed E-state index contributed by atoms with van der Waals surface area (Å²) in [6.45, 7) is -0.379. The molecule has 2 aromatic rings. The van der Waals surface area contributed by atoms with Gasteiger partial charge in [-0.3, -0.25) is 9.59 Å². The fraction of sp³-hybridized carbons (Fsp3) is 0.154. The Labute approximate surface area is 112 Å². The molecule has 1 heterocycles. The molecule has 0 aliphatic carbocycles. The molecule has 0 spiro atoms. The van der Waals surface area contributed by atoms with E-state index in [2.05, 4.69) is 10.1 Å². The number of fused-ring (bicyclic) bond motifs is 1. The third-order valence-corrected chi connectivity index (χ3v) is 2.56. The lowest BCUT2D eigenvalue weighted by molar-refractivity contribution is -0.139. The van der Waals surface area contributed by atoms with Crippen LogP contribution in [0.5, 0.6) is 0 Å². The summed E-state index contributed by atoms with van der Waals surface area (Å²) in [7, 11) is 1.17. The van der Waals surface area contributed by atoms with Crippen molar-refractivity contribution in [2.45, 2.75) is 0 Å². The molecule has 0 unspecified atom stereocenters. The van der Waals surface area contributed by atoms with Crippen molar-refractivity contribution in [2.75, 3.05) is 13.7 Å². The SMILES string of the molecule is COC(=O)CNC(=O)c1cc2cc(F)ccc2oc1=O. The van der Waals surface area contributed by atoms with E-state index in [1.807, 2.05) is 0 Å². The van der Waals surface area contributed by atoms with E-state index in [9.17, 15) is 18.8 Å². The van der Waals surface area contributed by atoms with E-state index < -0.39 is 23.3 Å². The van der Waals surface area contributed by atoms with Crippen molar-refractivity contribution in [3.05, 3.63) is 46.1 Å². The minimum Gasteiger partial charge on any atom is -0.468 e. The fourth-order valence-corrected chi connectivity index (χ4v) is 1.57. The highest BCUT2D eigenvalue weighted by molar-refractivity contribution is 5.97. The molecule has 0 saturated carbocycles. The first-order valence-corrected chi connectivity index (χ1v) is 5.59. The van der Waals surface area contributed by atoms with Crippen LogP contribution in [0.15, 0.2) is 33.5 Å². The molecule has 0 aliphatic heterocycles. The van der Waals surface area contributed by atoms with Gasteiger partial charge in [-0.2, -0.15) is 0 Å². The summed E-state index contributed by atoms with van der Waals surface area (Å²) in [4.78, 5) is 34.3. The van der Waals surface area contributed by atoms with Crippen molar-refractivity contribution in [1.29, 1.82) is 0 Å². The molecule has 1 aromatic carbocycles. The smallest absolute Gasteiger partial charge is 0.349 e. The van der Waals surface area contributed by atoms with Crippen LogP contribution in [0.4, 0.5) is 4.39 Å². The van der Waals surface area contributed by atoms with Crippen LogP contribution in [0.25, 0.3) is 11.0 Å². The molecule has 20 heavy (non-hydrogen) atoms. The highest BCUT2D eigenvalue weighted by atomic mass is 19.1. The molecular formula is C13H10FNO5. The maximum Gasteiger partial charge on any atom is 0.349 e. The summed E-state index contributed by atoms with van der Waals surface area (Å²) in [6, 6.07) is 4.77. The van der Waals surface area contributed by atoms with E-state index in [0.717, 1.165) is 12.1 Å². The van der Waals surface area contributed by atoms with Gasteiger partial charge in [0, 0.05) is 5.39 Å². The number of benzene rings is 1. The molecule has 1 amide bonds. The van der Waals surface area contributed by atoms with Gasteiger partial charge in [-0.25, -0.2) is 9.18 Å². The van der Waals surface area contributed by atoms with Gasteiger partial charge in [0.15, 0.2) is 0 Å². The molecule has 0 radical (unpaired) electrons. The van der Waals surface area contributed by atoms with Crippen LogP contribution in [0.2, 0.25) is 0 Å². The van der Waals surface area contributed by atoms with Crippen molar-refractivity contribution in [3.8, 4) is 0 Å². The molecule has 0 saturated heterocycles. The number of ether oxygens (including phenoxy) is 1. The summed E-state index contributed by atoms with van der Waals surface area (Å²) in [5.41, 5.74) is -1.01.